The quantitative estimate of drug-likeness (QED) is 0.591. The number of carbonyl (C=O) groups excluding carboxylic acids is 2. The molecule has 0 aromatic heterocycles. The summed E-state index contributed by atoms with van der Waals surface area (Å²) < 4.78 is 9.97. The number of hydrogen-bond acceptors (Lipinski definition) is 8. The van der Waals surface area contributed by atoms with Gasteiger partial charge in [0, 0.05) is 26.5 Å². The number of nitrogens with two attached hydrogens (primary N) is 1. The molecular formula is C18H25N5O4. The molecule has 2 rings (SSSR count). The van der Waals surface area contributed by atoms with Crippen molar-refractivity contribution in [2.75, 3.05) is 27.7 Å². The molecule has 9 heteroatoms. The lowest BCUT2D eigenvalue weighted by molar-refractivity contribution is -0.143. The Morgan fingerprint density at radius 1 is 1.33 bits per heavy atom. The number of amides is 1. The zero-order chi connectivity index (χ0) is 19.8. The molecule has 1 aliphatic heterocycles. The summed E-state index contributed by atoms with van der Waals surface area (Å²) in [6.07, 6.45) is 2.73. The Morgan fingerprint density at radius 3 is 2.67 bits per heavy atom. The Hall–Kier alpha value is -3.36. The molecule has 1 heterocycles. The number of alkyl carbamates (subject to hydrolysis) is 1. The van der Waals surface area contributed by atoms with E-state index in [0.717, 1.165) is 5.56 Å². The summed E-state index contributed by atoms with van der Waals surface area (Å²) in [5.74, 6) is 0.513. The second kappa shape index (κ2) is 9.37. The van der Waals surface area contributed by atoms with Crippen molar-refractivity contribution in [2.45, 2.75) is 12.6 Å². The van der Waals surface area contributed by atoms with Crippen LogP contribution in [0.5, 0.6) is 0 Å². The van der Waals surface area contributed by atoms with Crippen LogP contribution in [0.15, 0.2) is 54.4 Å². The van der Waals surface area contributed by atoms with Crippen molar-refractivity contribution in [3.8, 4) is 0 Å². The molecule has 4 N–H and O–H groups in total. The van der Waals surface area contributed by atoms with Crippen LogP contribution in [0.4, 0.5) is 4.79 Å². The van der Waals surface area contributed by atoms with E-state index >= 15 is 0 Å². The predicted molar refractivity (Wildman–Crippen MR) is 99.4 cm³/mol. The highest BCUT2D eigenvalue weighted by Crippen LogP contribution is 2.13. The third kappa shape index (κ3) is 6.14. The lowest BCUT2D eigenvalue weighted by atomic mass is 10.2. The molecule has 146 valence electrons. The molecule has 0 radical (unpaired) electrons. The molecule has 9 nitrogen and oxygen atoms in total. The maximum Gasteiger partial charge on any atom is 0.408 e. The summed E-state index contributed by atoms with van der Waals surface area (Å²) in [5.41, 5.74) is 6.66. The highest BCUT2D eigenvalue weighted by molar-refractivity contribution is 5.81. The fourth-order valence-corrected chi connectivity index (χ4v) is 2.42. The number of rotatable bonds is 7. The highest BCUT2D eigenvalue weighted by Gasteiger charge is 2.28. The molecule has 0 saturated heterocycles. The van der Waals surface area contributed by atoms with Crippen molar-refractivity contribution in [3.63, 3.8) is 0 Å². The van der Waals surface area contributed by atoms with Crippen LogP contribution in [0.25, 0.3) is 0 Å². The van der Waals surface area contributed by atoms with Gasteiger partial charge in [0.15, 0.2) is 0 Å². The Labute approximate surface area is 158 Å². The summed E-state index contributed by atoms with van der Waals surface area (Å²) in [4.78, 5) is 27.8. The molecule has 0 fully saturated rings. The van der Waals surface area contributed by atoms with E-state index in [1.807, 2.05) is 49.3 Å². The first-order valence-corrected chi connectivity index (χ1v) is 8.33. The molecule has 0 unspecified atom stereocenters. The Kier molecular flexibility index (Phi) is 6.93. The van der Waals surface area contributed by atoms with Crippen molar-refractivity contribution < 1.29 is 19.1 Å². The molecule has 1 atom stereocenters. The zero-order valence-corrected chi connectivity index (χ0v) is 15.6. The van der Waals surface area contributed by atoms with E-state index in [1.54, 1.807) is 17.3 Å². The molecular weight excluding hydrogens is 350 g/mol. The minimum atomic E-state index is -0.937. The van der Waals surface area contributed by atoms with Crippen LogP contribution in [0.3, 0.4) is 0 Å². The monoisotopic (exact) mass is 375 g/mol. The fraction of sp³-hybridized carbons (Fsp3) is 0.333. The number of hydrogen-bond donors (Lipinski definition) is 3. The second-order valence-corrected chi connectivity index (χ2v) is 6.12. The molecule has 1 amide bonds. The third-order valence-corrected chi connectivity index (χ3v) is 3.63. The Bertz CT molecular complexity index is 718. The summed E-state index contributed by atoms with van der Waals surface area (Å²) >= 11 is 0. The van der Waals surface area contributed by atoms with Crippen molar-refractivity contribution in [1.82, 2.24) is 20.4 Å². The second-order valence-electron chi connectivity index (χ2n) is 6.12. The first-order chi connectivity index (χ1) is 12.9. The van der Waals surface area contributed by atoms with Gasteiger partial charge in [0.25, 0.3) is 0 Å². The average Bonchev–Trinajstić information content (AvgIpc) is 2.97. The van der Waals surface area contributed by atoms with Gasteiger partial charge in [-0.25, -0.2) is 9.59 Å². The van der Waals surface area contributed by atoms with Crippen molar-refractivity contribution >= 4 is 12.1 Å². The number of carbonyl (C=O) groups is 2. The number of nitrogens with one attached hydrogen (secondary N) is 2. The summed E-state index contributed by atoms with van der Waals surface area (Å²) in [5, 5.41) is 5.52. The third-order valence-electron chi connectivity index (χ3n) is 3.63. The molecule has 1 aliphatic rings. The van der Waals surface area contributed by atoms with Crippen LogP contribution in [0.2, 0.25) is 0 Å². The van der Waals surface area contributed by atoms with Gasteiger partial charge in [-0.1, -0.05) is 30.3 Å². The van der Waals surface area contributed by atoms with E-state index in [9.17, 15) is 9.59 Å². The number of methoxy groups -OCH3 is 1. The Balaban J connectivity index is 2.00. The van der Waals surface area contributed by atoms with Crippen molar-refractivity contribution in [3.05, 3.63) is 59.9 Å². The average molecular weight is 375 g/mol. The fourth-order valence-electron chi connectivity index (χ4n) is 2.42. The lowest BCUT2D eigenvalue weighted by Gasteiger charge is -2.24. The minimum Gasteiger partial charge on any atom is -0.467 e. The van der Waals surface area contributed by atoms with Gasteiger partial charge in [0.1, 0.15) is 24.3 Å². The maximum atomic E-state index is 12.1. The van der Waals surface area contributed by atoms with Gasteiger partial charge in [-0.05, 0) is 5.56 Å². The molecule has 1 aromatic rings. The largest absolute Gasteiger partial charge is 0.467 e. The van der Waals surface area contributed by atoms with Crippen LogP contribution in [-0.2, 0) is 20.9 Å². The van der Waals surface area contributed by atoms with Gasteiger partial charge in [-0.2, -0.15) is 0 Å². The zero-order valence-electron chi connectivity index (χ0n) is 15.6. The first kappa shape index (κ1) is 20.0. The number of ether oxygens (including phenoxy) is 2. The number of esters is 1. The van der Waals surface area contributed by atoms with E-state index in [1.165, 1.54) is 7.11 Å². The molecule has 0 aliphatic carbocycles. The van der Waals surface area contributed by atoms with Gasteiger partial charge in [-0.15, -0.1) is 0 Å². The van der Waals surface area contributed by atoms with Crippen LogP contribution < -0.4 is 16.4 Å². The summed E-state index contributed by atoms with van der Waals surface area (Å²) in [7, 11) is 4.98. The highest BCUT2D eigenvalue weighted by atomic mass is 16.6. The van der Waals surface area contributed by atoms with Gasteiger partial charge >= 0.3 is 12.1 Å². The first-order valence-electron chi connectivity index (χ1n) is 8.33. The van der Waals surface area contributed by atoms with Crippen LogP contribution in [-0.4, -0.2) is 55.7 Å². The normalized spacial score (nSPS) is 15.6. The molecule has 0 saturated carbocycles. The van der Waals surface area contributed by atoms with E-state index in [2.05, 4.69) is 10.6 Å². The van der Waals surface area contributed by atoms with E-state index in [0.29, 0.717) is 11.6 Å². The number of nitrogens with zero attached hydrogens (tertiary/aromatic N) is 2. The topological polar surface area (TPSA) is 109 Å². The molecule has 0 bridgehead atoms. The Morgan fingerprint density at radius 2 is 2.04 bits per heavy atom. The molecule has 27 heavy (non-hydrogen) atoms. The summed E-state index contributed by atoms with van der Waals surface area (Å²) in [6, 6.07) is 8.32. The lowest BCUT2D eigenvalue weighted by Crippen LogP contribution is -2.48. The number of benzene rings is 1. The van der Waals surface area contributed by atoms with Gasteiger partial charge in [-0.3, -0.25) is 0 Å². The van der Waals surface area contributed by atoms with Gasteiger partial charge in [0.2, 0.25) is 0 Å². The van der Waals surface area contributed by atoms with Crippen LogP contribution in [0, 0.1) is 0 Å². The van der Waals surface area contributed by atoms with E-state index < -0.39 is 18.1 Å². The van der Waals surface area contributed by atoms with Gasteiger partial charge < -0.3 is 35.6 Å². The van der Waals surface area contributed by atoms with Crippen molar-refractivity contribution in [2.24, 2.45) is 5.73 Å². The smallest absolute Gasteiger partial charge is 0.408 e. The van der Waals surface area contributed by atoms with Crippen LogP contribution in [0.1, 0.15) is 5.56 Å². The molecule has 1 aromatic carbocycles. The minimum absolute atomic E-state index is 0.102. The maximum absolute atomic E-state index is 12.1. The van der Waals surface area contributed by atoms with Crippen molar-refractivity contribution in [1.29, 1.82) is 0 Å². The SMILES string of the molecule is COC(=O)[C@H](CN1C=C(N)NC1=CN(C)C)NC(=O)OCc1ccccc1. The van der Waals surface area contributed by atoms with E-state index in [4.69, 9.17) is 15.2 Å². The summed E-state index contributed by atoms with van der Waals surface area (Å²) in [6.45, 7) is 0.227. The molecule has 0 spiro atoms. The predicted octanol–water partition coefficient (Wildman–Crippen LogP) is 0.478. The standard InChI is InChI=1S/C18H25N5O4/c1-22(2)11-16-21-15(19)10-23(16)9-14(17(24)26-3)20-18(25)27-12-13-7-5-4-6-8-13/h4-8,10-11,14,21H,9,12,19H2,1-3H3,(H,20,25)/t14-/m0/s1. The van der Waals surface area contributed by atoms with Crippen LogP contribution >= 0.6 is 0 Å². The van der Waals surface area contributed by atoms with E-state index in [-0.39, 0.29) is 13.2 Å². The van der Waals surface area contributed by atoms with Gasteiger partial charge in [0.05, 0.1) is 13.7 Å².